The summed E-state index contributed by atoms with van der Waals surface area (Å²) in [5, 5.41) is 4.20. The predicted molar refractivity (Wildman–Crippen MR) is 106 cm³/mol. The molecule has 2 aromatic carbocycles. The minimum Gasteiger partial charge on any atom is -0.322 e. The maximum Gasteiger partial charge on any atom is 0.257 e. The van der Waals surface area contributed by atoms with Gasteiger partial charge in [-0.25, -0.2) is 0 Å². The molecule has 0 saturated carbocycles. The summed E-state index contributed by atoms with van der Waals surface area (Å²) in [6.45, 7) is 0.276. The van der Waals surface area contributed by atoms with Crippen LogP contribution in [0.5, 0.6) is 0 Å². The van der Waals surface area contributed by atoms with Crippen LogP contribution in [0.2, 0.25) is 15.1 Å². The summed E-state index contributed by atoms with van der Waals surface area (Å²) in [4.78, 5) is 24.5. The number of anilines is 1. The number of carbonyl (C=O) groups is 1. The third-order valence-corrected chi connectivity index (χ3v) is 4.68. The second-order valence-electron chi connectivity index (χ2n) is 5.59. The van der Waals surface area contributed by atoms with Crippen LogP contribution in [0.3, 0.4) is 0 Å². The van der Waals surface area contributed by atoms with E-state index in [1.807, 2.05) is 0 Å². The van der Waals surface area contributed by atoms with Gasteiger partial charge in [0.2, 0.25) is 0 Å². The van der Waals surface area contributed by atoms with Crippen LogP contribution in [0, 0.1) is 0 Å². The molecule has 0 aliphatic rings. The van der Waals surface area contributed by atoms with Crippen LogP contribution in [0.15, 0.2) is 65.6 Å². The van der Waals surface area contributed by atoms with E-state index in [0.717, 1.165) is 5.56 Å². The molecule has 1 aromatic heterocycles. The Labute approximate surface area is 164 Å². The number of amides is 1. The predicted octanol–water partition coefficient (Wildman–Crippen LogP) is 5.11. The van der Waals surface area contributed by atoms with E-state index >= 15 is 0 Å². The lowest BCUT2D eigenvalue weighted by Gasteiger charge is -2.10. The number of nitrogens with one attached hydrogen (secondary N) is 1. The first-order valence-corrected chi connectivity index (χ1v) is 8.77. The highest BCUT2D eigenvalue weighted by Gasteiger charge is 2.09. The molecule has 0 atom stereocenters. The zero-order valence-corrected chi connectivity index (χ0v) is 15.6. The molecule has 0 bridgehead atoms. The van der Waals surface area contributed by atoms with Gasteiger partial charge in [-0.1, -0.05) is 40.9 Å². The molecule has 0 saturated heterocycles. The second kappa shape index (κ2) is 7.96. The summed E-state index contributed by atoms with van der Waals surface area (Å²) >= 11 is 17.7. The highest BCUT2D eigenvalue weighted by atomic mass is 35.5. The van der Waals surface area contributed by atoms with E-state index in [4.69, 9.17) is 34.8 Å². The van der Waals surface area contributed by atoms with Gasteiger partial charge in [0.1, 0.15) is 0 Å². The molecule has 0 fully saturated rings. The molecule has 0 spiro atoms. The molecule has 0 aliphatic heterocycles. The van der Waals surface area contributed by atoms with Crippen molar-refractivity contribution in [2.24, 2.45) is 0 Å². The molecule has 1 heterocycles. The summed E-state index contributed by atoms with van der Waals surface area (Å²) in [7, 11) is 0. The first kappa shape index (κ1) is 18.5. The molecule has 0 aliphatic carbocycles. The number of hydrogen-bond donors (Lipinski definition) is 1. The van der Waals surface area contributed by atoms with Crippen LogP contribution >= 0.6 is 34.8 Å². The lowest BCUT2D eigenvalue weighted by molar-refractivity contribution is 0.102. The highest BCUT2D eigenvalue weighted by Crippen LogP contribution is 2.23. The topological polar surface area (TPSA) is 51.1 Å². The minimum atomic E-state index is -0.324. The van der Waals surface area contributed by atoms with Crippen molar-refractivity contribution in [1.82, 2.24) is 4.57 Å². The van der Waals surface area contributed by atoms with Crippen LogP contribution < -0.4 is 10.9 Å². The lowest BCUT2D eigenvalue weighted by atomic mass is 10.2. The summed E-state index contributed by atoms with van der Waals surface area (Å²) < 4.78 is 1.44. The number of aromatic nitrogens is 1. The fourth-order valence-electron chi connectivity index (χ4n) is 2.36. The Hall–Kier alpha value is -2.27. The number of rotatable bonds is 4. The minimum absolute atomic E-state index is 0.223. The Morgan fingerprint density at radius 2 is 1.65 bits per heavy atom. The fraction of sp³-hybridized carbons (Fsp3) is 0.0526. The van der Waals surface area contributed by atoms with Crippen molar-refractivity contribution in [2.45, 2.75) is 6.54 Å². The molecular formula is C19H13Cl3N2O2. The lowest BCUT2D eigenvalue weighted by Crippen LogP contribution is -2.22. The van der Waals surface area contributed by atoms with Gasteiger partial charge in [-0.2, -0.15) is 0 Å². The Bertz CT molecular complexity index is 1010. The summed E-state index contributed by atoms with van der Waals surface area (Å²) in [6, 6.07) is 14.7. The van der Waals surface area contributed by atoms with Crippen LogP contribution in [0.25, 0.3) is 0 Å². The highest BCUT2D eigenvalue weighted by molar-refractivity contribution is 6.42. The first-order valence-electron chi connectivity index (χ1n) is 7.64. The van der Waals surface area contributed by atoms with Gasteiger partial charge in [0.15, 0.2) is 0 Å². The van der Waals surface area contributed by atoms with Crippen LogP contribution in [0.4, 0.5) is 5.69 Å². The molecule has 132 valence electrons. The zero-order valence-electron chi connectivity index (χ0n) is 13.4. The van der Waals surface area contributed by atoms with E-state index in [2.05, 4.69) is 5.32 Å². The van der Waals surface area contributed by atoms with Crippen LogP contribution in [-0.4, -0.2) is 10.5 Å². The number of carbonyl (C=O) groups excluding carboxylic acids is 1. The first-order chi connectivity index (χ1) is 12.4. The molecule has 0 radical (unpaired) electrons. The summed E-state index contributed by atoms with van der Waals surface area (Å²) in [5.41, 5.74) is 1.55. The summed E-state index contributed by atoms with van der Waals surface area (Å²) in [5.74, 6) is -0.324. The van der Waals surface area contributed by atoms with E-state index in [9.17, 15) is 9.59 Å². The monoisotopic (exact) mass is 406 g/mol. The molecule has 26 heavy (non-hydrogen) atoms. The van der Waals surface area contributed by atoms with Crippen molar-refractivity contribution in [1.29, 1.82) is 0 Å². The van der Waals surface area contributed by atoms with E-state index in [-0.39, 0.29) is 18.0 Å². The zero-order chi connectivity index (χ0) is 18.7. The van der Waals surface area contributed by atoms with Gasteiger partial charge in [0.25, 0.3) is 11.5 Å². The van der Waals surface area contributed by atoms with Gasteiger partial charge >= 0.3 is 0 Å². The van der Waals surface area contributed by atoms with E-state index in [1.54, 1.807) is 42.5 Å². The fourth-order valence-corrected chi connectivity index (χ4v) is 2.81. The smallest absolute Gasteiger partial charge is 0.257 e. The quantitative estimate of drug-likeness (QED) is 0.653. The number of hydrogen-bond acceptors (Lipinski definition) is 2. The van der Waals surface area contributed by atoms with Gasteiger partial charge in [0.05, 0.1) is 22.2 Å². The molecule has 1 amide bonds. The van der Waals surface area contributed by atoms with E-state index in [0.29, 0.717) is 26.3 Å². The van der Waals surface area contributed by atoms with Crippen molar-refractivity contribution in [3.05, 3.63) is 97.3 Å². The summed E-state index contributed by atoms with van der Waals surface area (Å²) in [6.07, 6.45) is 1.51. The van der Waals surface area contributed by atoms with Gasteiger partial charge < -0.3 is 9.88 Å². The Morgan fingerprint density at radius 1 is 0.923 bits per heavy atom. The largest absolute Gasteiger partial charge is 0.322 e. The third-order valence-electron chi connectivity index (χ3n) is 3.68. The average Bonchev–Trinajstić information content (AvgIpc) is 2.62. The third kappa shape index (κ3) is 4.47. The van der Waals surface area contributed by atoms with E-state index < -0.39 is 0 Å². The molecule has 3 aromatic rings. The number of benzene rings is 2. The van der Waals surface area contributed by atoms with Crippen molar-refractivity contribution >= 4 is 46.4 Å². The molecule has 0 unspecified atom stereocenters. The molecule has 3 rings (SSSR count). The maximum absolute atomic E-state index is 12.4. The normalized spacial score (nSPS) is 10.6. The molecule has 1 N–H and O–H groups in total. The standard InChI is InChI=1S/C19H13Cl3N2O2/c20-14-3-5-15(6-4-14)23-19(26)13-2-8-18(25)24(11-13)10-12-1-7-16(21)17(22)9-12/h1-9,11H,10H2,(H,23,26). The number of nitrogens with zero attached hydrogens (tertiary/aromatic N) is 1. The van der Waals surface area contributed by atoms with E-state index in [1.165, 1.54) is 22.9 Å². The Morgan fingerprint density at radius 3 is 2.35 bits per heavy atom. The van der Waals surface area contributed by atoms with Crippen molar-refractivity contribution < 1.29 is 4.79 Å². The van der Waals surface area contributed by atoms with Gasteiger partial charge in [-0.3, -0.25) is 9.59 Å². The maximum atomic E-state index is 12.4. The SMILES string of the molecule is O=C(Nc1ccc(Cl)cc1)c1ccc(=O)n(Cc2ccc(Cl)c(Cl)c2)c1. The molecular weight excluding hydrogens is 395 g/mol. The van der Waals surface area contributed by atoms with Crippen molar-refractivity contribution in [2.75, 3.05) is 5.32 Å². The Balaban J connectivity index is 1.82. The molecule has 4 nitrogen and oxygen atoms in total. The molecule has 7 heteroatoms. The Kier molecular flexibility index (Phi) is 5.67. The number of pyridine rings is 1. The number of halogens is 3. The van der Waals surface area contributed by atoms with Crippen molar-refractivity contribution in [3.8, 4) is 0 Å². The van der Waals surface area contributed by atoms with Crippen LogP contribution in [0.1, 0.15) is 15.9 Å². The second-order valence-corrected chi connectivity index (χ2v) is 6.84. The van der Waals surface area contributed by atoms with Gasteiger partial charge in [0, 0.05) is 23.0 Å². The van der Waals surface area contributed by atoms with Crippen molar-refractivity contribution in [3.63, 3.8) is 0 Å². The average molecular weight is 408 g/mol. The van der Waals surface area contributed by atoms with Gasteiger partial charge in [-0.05, 0) is 48.0 Å². The van der Waals surface area contributed by atoms with Crippen LogP contribution in [-0.2, 0) is 6.54 Å². The van der Waals surface area contributed by atoms with Gasteiger partial charge in [-0.15, -0.1) is 0 Å².